The topological polar surface area (TPSA) is 358 Å². The van der Waals surface area contributed by atoms with E-state index in [1.807, 2.05) is 54.6 Å². The first-order valence-electron chi connectivity index (χ1n) is 33.7. The molecule has 0 saturated carbocycles. The van der Waals surface area contributed by atoms with Crippen LogP contribution in [0.25, 0.3) is 0 Å². The number of Topliss-reactive ketones (excluding diaryl/α,β-unsaturated/α-hetero) is 2. The lowest BCUT2D eigenvalue weighted by atomic mass is 9.81. The smallest absolute Gasteiger partial charge is 0.326 e. The lowest BCUT2D eigenvalue weighted by molar-refractivity contribution is -0.438. The number of carbonyl (C=O) groups excluding carboxylic acids is 4. The highest BCUT2D eigenvalue weighted by molar-refractivity contribution is 7.86. The van der Waals surface area contributed by atoms with Gasteiger partial charge in [-0.2, -0.15) is 29.8 Å². The molecule has 536 valence electrons. The summed E-state index contributed by atoms with van der Waals surface area (Å²) in [5.74, 6) is -4.98. The predicted molar refractivity (Wildman–Crippen MR) is 378 cm³/mol. The van der Waals surface area contributed by atoms with Gasteiger partial charge in [0.2, 0.25) is 11.6 Å². The number of aliphatic carboxylic acids is 2. The van der Waals surface area contributed by atoms with Gasteiger partial charge in [-0.05, 0) is 149 Å². The molecule has 2 aliphatic heterocycles. The van der Waals surface area contributed by atoms with Crippen LogP contribution in [0.15, 0.2) is 150 Å². The van der Waals surface area contributed by atoms with E-state index in [1.165, 1.54) is 0 Å². The minimum Gasteiger partial charge on any atom is -0.481 e. The number of nitrogens with one attached hydrogen (secondary N) is 3. The molecule has 0 radical (unpaired) electrons. The summed E-state index contributed by atoms with van der Waals surface area (Å²) in [5, 5.41) is 27.6. The number of carboxylic acid groups (broad SMARTS) is 2. The van der Waals surface area contributed by atoms with Crippen LogP contribution in [0.4, 0.5) is 16.2 Å². The number of hydrogen-bond donors (Lipinski definition) is 8. The maximum Gasteiger partial charge on any atom is 0.326 e. The molecular weight excluding hydrogens is 1330 g/mol. The van der Waals surface area contributed by atoms with Crippen LogP contribution in [0, 0.1) is 5.92 Å². The molecule has 4 aromatic carbocycles. The molecular formula is C73H94N5O18S3+. The zero-order valence-corrected chi connectivity index (χ0v) is 59.1. The molecule has 0 fully saturated rings. The molecule has 2 heterocycles. The van der Waals surface area contributed by atoms with Gasteiger partial charge >= 0.3 is 18.0 Å². The highest BCUT2D eigenvalue weighted by Gasteiger charge is 2.44. The summed E-state index contributed by atoms with van der Waals surface area (Å²) in [6, 6.07) is 29.1. The van der Waals surface area contributed by atoms with Gasteiger partial charge in [0.05, 0.1) is 34.6 Å². The Hall–Kier alpha value is -8.14. The summed E-state index contributed by atoms with van der Waals surface area (Å²) in [6.45, 7) is 9.46. The van der Waals surface area contributed by atoms with Gasteiger partial charge in [0.15, 0.2) is 11.5 Å². The second kappa shape index (κ2) is 35.8. The van der Waals surface area contributed by atoms with Crippen molar-refractivity contribution in [1.29, 1.82) is 0 Å². The number of anilines is 1. The van der Waals surface area contributed by atoms with E-state index in [9.17, 15) is 73.3 Å². The Balaban J connectivity index is 1.05. The number of allylic oxidation sites excluding steroid dienone is 7. The Bertz CT molecular complexity index is 4070. The van der Waals surface area contributed by atoms with E-state index in [1.54, 1.807) is 36.4 Å². The molecule has 0 aromatic heterocycles. The number of rotatable bonds is 40. The Labute approximate surface area is 581 Å². The average molecular weight is 1430 g/mol. The third-order valence-electron chi connectivity index (χ3n) is 18.2. The zero-order valence-electron chi connectivity index (χ0n) is 56.7. The molecule has 26 heteroatoms. The van der Waals surface area contributed by atoms with Crippen LogP contribution in [0.5, 0.6) is 5.75 Å². The van der Waals surface area contributed by atoms with Crippen molar-refractivity contribution in [1.82, 2.24) is 16.0 Å². The van der Waals surface area contributed by atoms with Gasteiger partial charge in [-0.15, -0.1) is 0 Å². The van der Waals surface area contributed by atoms with Crippen LogP contribution in [-0.4, -0.2) is 144 Å². The van der Waals surface area contributed by atoms with Crippen molar-refractivity contribution in [3.05, 3.63) is 172 Å². The number of ether oxygens (including phenoxy) is 1. The Morgan fingerprint density at radius 3 is 1.89 bits per heavy atom. The molecule has 7 rings (SSSR count). The summed E-state index contributed by atoms with van der Waals surface area (Å²) >= 11 is 0. The number of unbranched alkanes of at least 4 members (excludes halogenated alkanes) is 5. The maximum absolute atomic E-state index is 14.3. The Morgan fingerprint density at radius 2 is 1.22 bits per heavy atom. The van der Waals surface area contributed by atoms with Crippen molar-refractivity contribution < 1.29 is 87.2 Å². The minimum absolute atomic E-state index is 0.0168. The van der Waals surface area contributed by atoms with E-state index in [-0.39, 0.29) is 88.0 Å². The molecule has 3 atom stereocenters. The number of amides is 3. The van der Waals surface area contributed by atoms with Gasteiger partial charge < -0.3 is 35.8 Å². The van der Waals surface area contributed by atoms with Crippen LogP contribution in [0.2, 0.25) is 0 Å². The van der Waals surface area contributed by atoms with E-state index >= 15 is 0 Å². The molecule has 0 unspecified atom stereocenters. The van der Waals surface area contributed by atoms with E-state index < -0.39 is 94.6 Å². The molecule has 3 amide bonds. The first-order chi connectivity index (χ1) is 46.8. The van der Waals surface area contributed by atoms with E-state index in [2.05, 4.69) is 89.6 Å². The number of para-hydroxylation sites is 2. The number of carboxylic acids is 2. The van der Waals surface area contributed by atoms with Crippen LogP contribution in [-0.2, 0) is 78.0 Å². The highest BCUT2D eigenvalue weighted by Crippen LogP contribution is 2.48. The Kier molecular flexibility index (Phi) is 28.2. The van der Waals surface area contributed by atoms with Crippen LogP contribution < -0.4 is 25.6 Å². The lowest BCUT2D eigenvalue weighted by Crippen LogP contribution is -2.46. The molecule has 8 N–H and O–H groups in total. The fraction of sp³-hybridized carbons (Fsp3) is 0.466. The van der Waals surface area contributed by atoms with Gasteiger partial charge in [0.25, 0.3) is 30.4 Å². The van der Waals surface area contributed by atoms with Gasteiger partial charge in [0.1, 0.15) is 29.9 Å². The molecule has 0 spiro atoms. The number of ketones is 2. The molecule has 1 aliphatic carbocycles. The lowest BCUT2D eigenvalue weighted by Gasteiger charge is -2.27. The minimum atomic E-state index is -4.22. The maximum atomic E-state index is 14.3. The summed E-state index contributed by atoms with van der Waals surface area (Å²) in [6.07, 6.45) is 13.5. The molecule has 0 bridgehead atoms. The van der Waals surface area contributed by atoms with Gasteiger partial charge in [-0.1, -0.05) is 112 Å². The zero-order chi connectivity index (χ0) is 72.1. The van der Waals surface area contributed by atoms with Crippen molar-refractivity contribution in [2.24, 2.45) is 5.92 Å². The van der Waals surface area contributed by atoms with Gasteiger partial charge in [-0.25, -0.2) is 9.59 Å². The van der Waals surface area contributed by atoms with E-state index in [4.69, 9.17) is 9.29 Å². The number of carbonyl (C=O) groups is 6. The third-order valence-corrected chi connectivity index (χ3v) is 20.7. The van der Waals surface area contributed by atoms with Crippen molar-refractivity contribution in [2.45, 2.75) is 173 Å². The van der Waals surface area contributed by atoms with Crippen molar-refractivity contribution in [2.75, 3.05) is 41.8 Å². The quantitative estimate of drug-likeness (QED) is 0.0116. The average Bonchev–Trinajstić information content (AvgIpc) is 1.60. The van der Waals surface area contributed by atoms with Crippen LogP contribution in [0.3, 0.4) is 0 Å². The second-order valence-corrected chi connectivity index (χ2v) is 31.3. The highest BCUT2D eigenvalue weighted by atomic mass is 32.2. The van der Waals surface area contributed by atoms with Gasteiger partial charge in [0, 0.05) is 79.7 Å². The fourth-order valence-corrected chi connectivity index (χ4v) is 14.6. The predicted octanol–water partition coefficient (Wildman–Crippen LogP) is 10.7. The van der Waals surface area contributed by atoms with Crippen molar-refractivity contribution in [3.8, 4) is 5.75 Å². The van der Waals surface area contributed by atoms with Crippen LogP contribution >= 0.6 is 0 Å². The number of benzene rings is 4. The monoisotopic (exact) mass is 1420 g/mol. The largest absolute Gasteiger partial charge is 0.481 e. The summed E-state index contributed by atoms with van der Waals surface area (Å²) in [7, 11) is -12.5. The molecule has 99 heavy (non-hydrogen) atoms. The first kappa shape index (κ1) is 78.2. The third kappa shape index (κ3) is 24.0. The summed E-state index contributed by atoms with van der Waals surface area (Å²) < 4.78 is 106. The molecule has 23 nitrogen and oxygen atoms in total. The molecule has 0 saturated heterocycles. The van der Waals surface area contributed by atoms with E-state index in [0.717, 1.165) is 57.0 Å². The second-order valence-electron chi connectivity index (χ2n) is 26.6. The standard InChI is InChI=1S/C73H93N5O18S3/c1-72(2)58-27-12-14-29-62(58)77(43-16-18-45-97(87,88)89)65(72)40-34-53-24-20-25-54(35-41-66-73(3,4)59-28-13-15-30-63(59)78(66)44-17-19-46-98(90,91)92)68(53)96-57-37-32-52(33-38-57)48-55(69(82)83)50-64(80)61(49-51-22-8-7-9-23-51)75-67(81)31-11-6-5-10-26-56(79)36-39-60(70(84)85)76-71(86)74-42-21-47-99(93,94)95/h7-9,12-15,22-23,27-30,32-35,37-38,40-41,55,60-61H,5-6,10-11,16-21,24-26,31,36,39,42-50H2,1-4H3,(H7-,74,75,76,81,82,83,84,85,86,87,88,89,90,91,92,93,94,95)/p+1/t55-,60+,61+/m1/s1. The summed E-state index contributed by atoms with van der Waals surface area (Å²) in [5.41, 5.74) is 8.48. The normalized spacial score (nSPS) is 16.9. The number of nitrogens with zero attached hydrogens (tertiary/aromatic N) is 2. The first-order valence-corrected chi connectivity index (χ1v) is 38.6. The number of hydrogen-bond acceptors (Lipinski definition) is 14. The molecule has 4 aromatic rings. The molecule has 3 aliphatic rings. The van der Waals surface area contributed by atoms with E-state index in [0.29, 0.717) is 81.5 Å². The Morgan fingerprint density at radius 1 is 0.606 bits per heavy atom. The number of urea groups is 1. The SMILES string of the molecule is CC1(C)C(=CC=C2CCCC(C=CC3=[N+](CCCCS(=O)(=O)O)c4ccccc4C3(C)C)=C2Oc2ccc(C[C@H](CC(=O)[C@H](Cc3ccccc3)NC(=O)CCCCCCC(=O)CC[C@H](NC(=O)NCCCS(=O)(=O)O)C(=O)O)C(=O)O)cc2)N(CCCCS(=O)(=O)O)c2ccccc21. The number of fused-ring (bicyclic) bond motifs is 2. The fourth-order valence-electron chi connectivity index (χ4n) is 13.0. The van der Waals surface area contributed by atoms with Gasteiger partial charge in [-0.3, -0.25) is 32.8 Å². The van der Waals surface area contributed by atoms with Crippen LogP contribution in [0.1, 0.15) is 159 Å². The van der Waals surface area contributed by atoms with Crippen molar-refractivity contribution >= 4 is 82.9 Å². The summed E-state index contributed by atoms with van der Waals surface area (Å²) in [4.78, 5) is 79.5. The van der Waals surface area contributed by atoms with Crippen molar-refractivity contribution in [3.63, 3.8) is 0 Å².